The van der Waals surface area contributed by atoms with Crippen LogP contribution in [-0.4, -0.2) is 60.0 Å². The number of thioether (sulfide) groups is 1. The van der Waals surface area contributed by atoms with E-state index >= 15 is 0 Å². The largest absolute Gasteiger partial charge is 0.368 e. The highest BCUT2D eigenvalue weighted by molar-refractivity contribution is 7.98. The van der Waals surface area contributed by atoms with E-state index in [1.807, 2.05) is 11.2 Å². The van der Waals surface area contributed by atoms with Gasteiger partial charge in [-0.25, -0.2) is 0 Å². The molecule has 1 atom stereocenters. The minimum atomic E-state index is -0.423. The Morgan fingerprint density at radius 2 is 1.91 bits per heavy atom. The first-order valence-corrected chi connectivity index (χ1v) is 8.95. The predicted octanol–water partition coefficient (Wildman–Crippen LogP) is 1.32. The van der Waals surface area contributed by atoms with Crippen molar-refractivity contribution in [3.63, 3.8) is 0 Å². The van der Waals surface area contributed by atoms with Crippen molar-refractivity contribution < 1.29 is 9.72 Å². The van der Waals surface area contributed by atoms with Gasteiger partial charge >= 0.3 is 0 Å². The first-order valence-electron chi connectivity index (χ1n) is 7.55. The van der Waals surface area contributed by atoms with Gasteiger partial charge in [0.25, 0.3) is 5.69 Å². The number of piperazine rings is 1. The van der Waals surface area contributed by atoms with Crippen molar-refractivity contribution >= 4 is 29.0 Å². The molecule has 1 saturated heterocycles. The first-order chi connectivity index (χ1) is 11.0. The van der Waals surface area contributed by atoms with Crippen LogP contribution in [0.3, 0.4) is 0 Å². The van der Waals surface area contributed by atoms with Gasteiger partial charge in [-0.2, -0.15) is 11.8 Å². The molecule has 0 unspecified atom stereocenters. The van der Waals surface area contributed by atoms with Crippen molar-refractivity contribution in [1.29, 1.82) is 0 Å². The van der Waals surface area contributed by atoms with E-state index < -0.39 is 11.0 Å². The molecule has 1 aromatic rings. The van der Waals surface area contributed by atoms with Crippen LogP contribution >= 0.6 is 11.8 Å². The summed E-state index contributed by atoms with van der Waals surface area (Å²) in [7, 11) is 0. The molecule has 0 aromatic heterocycles. The van der Waals surface area contributed by atoms with Crippen LogP contribution in [0, 0.1) is 10.1 Å². The lowest BCUT2D eigenvalue weighted by atomic mass is 10.2. The maximum absolute atomic E-state index is 12.3. The number of hydrogen-bond acceptors (Lipinski definition) is 6. The number of nitro benzene ring substituents is 1. The molecule has 0 aliphatic carbocycles. The molecule has 7 nitrogen and oxygen atoms in total. The quantitative estimate of drug-likeness (QED) is 0.621. The Kier molecular flexibility index (Phi) is 6.23. The second-order valence-corrected chi connectivity index (χ2v) is 6.46. The summed E-state index contributed by atoms with van der Waals surface area (Å²) in [6, 6.07) is 6.09. The fourth-order valence-corrected chi connectivity index (χ4v) is 3.06. The van der Waals surface area contributed by atoms with Gasteiger partial charge in [-0.1, -0.05) is 0 Å². The minimum absolute atomic E-state index is 0.0161. The normalized spacial score (nSPS) is 16.3. The van der Waals surface area contributed by atoms with E-state index in [4.69, 9.17) is 5.73 Å². The summed E-state index contributed by atoms with van der Waals surface area (Å²) in [5, 5.41) is 10.7. The van der Waals surface area contributed by atoms with Crippen molar-refractivity contribution in [2.24, 2.45) is 5.73 Å². The molecule has 1 heterocycles. The van der Waals surface area contributed by atoms with Crippen LogP contribution in [0.25, 0.3) is 0 Å². The molecule has 2 N–H and O–H groups in total. The molecule has 0 saturated carbocycles. The molecular formula is C15H22N4O3S. The molecule has 1 amide bonds. The topological polar surface area (TPSA) is 92.7 Å². The number of hydrogen-bond donors (Lipinski definition) is 1. The van der Waals surface area contributed by atoms with Crippen LogP contribution in [0.2, 0.25) is 0 Å². The summed E-state index contributed by atoms with van der Waals surface area (Å²) in [6.45, 7) is 2.67. The van der Waals surface area contributed by atoms with Gasteiger partial charge in [0.2, 0.25) is 5.91 Å². The van der Waals surface area contributed by atoms with Crippen molar-refractivity contribution in [2.75, 3.05) is 43.1 Å². The minimum Gasteiger partial charge on any atom is -0.368 e. The van der Waals surface area contributed by atoms with Crippen LogP contribution in [0.1, 0.15) is 6.42 Å². The molecule has 1 aliphatic rings. The molecule has 1 aromatic carbocycles. The second kappa shape index (κ2) is 8.16. The van der Waals surface area contributed by atoms with Crippen molar-refractivity contribution in [3.05, 3.63) is 34.4 Å². The van der Waals surface area contributed by atoms with Crippen LogP contribution in [0.5, 0.6) is 0 Å². The number of nitro groups is 1. The third-order valence-electron chi connectivity index (χ3n) is 3.97. The van der Waals surface area contributed by atoms with Crippen LogP contribution < -0.4 is 10.6 Å². The van der Waals surface area contributed by atoms with E-state index in [2.05, 4.69) is 4.90 Å². The van der Waals surface area contributed by atoms with Crippen molar-refractivity contribution in [1.82, 2.24) is 4.90 Å². The predicted molar refractivity (Wildman–Crippen MR) is 92.9 cm³/mol. The molecule has 1 fully saturated rings. The Morgan fingerprint density at radius 3 is 2.43 bits per heavy atom. The lowest BCUT2D eigenvalue weighted by molar-refractivity contribution is -0.384. The number of rotatable bonds is 6. The lowest BCUT2D eigenvalue weighted by Crippen LogP contribution is -2.53. The fourth-order valence-electron chi connectivity index (χ4n) is 2.57. The second-order valence-electron chi connectivity index (χ2n) is 5.47. The van der Waals surface area contributed by atoms with Crippen LogP contribution in [0.15, 0.2) is 24.3 Å². The van der Waals surface area contributed by atoms with Gasteiger partial charge in [-0.05, 0) is 30.6 Å². The third-order valence-corrected chi connectivity index (χ3v) is 4.61. The monoisotopic (exact) mass is 338 g/mol. The van der Waals surface area contributed by atoms with E-state index in [0.717, 1.165) is 11.4 Å². The highest BCUT2D eigenvalue weighted by Gasteiger charge is 2.25. The maximum Gasteiger partial charge on any atom is 0.269 e. The molecule has 1 aliphatic heterocycles. The zero-order valence-electron chi connectivity index (χ0n) is 13.2. The Balaban J connectivity index is 1.88. The summed E-state index contributed by atoms with van der Waals surface area (Å²) in [5.74, 6) is 0.901. The van der Waals surface area contributed by atoms with Gasteiger partial charge in [0.1, 0.15) is 0 Å². The molecule has 2 rings (SSSR count). The number of benzene rings is 1. The molecular weight excluding hydrogens is 316 g/mol. The zero-order valence-corrected chi connectivity index (χ0v) is 14.0. The van der Waals surface area contributed by atoms with Gasteiger partial charge < -0.3 is 15.5 Å². The Labute approximate surface area is 140 Å². The number of anilines is 1. The summed E-state index contributed by atoms with van der Waals surface area (Å²) >= 11 is 1.69. The smallest absolute Gasteiger partial charge is 0.269 e. The van der Waals surface area contributed by atoms with Crippen molar-refractivity contribution in [2.45, 2.75) is 12.5 Å². The van der Waals surface area contributed by atoms with Gasteiger partial charge in [0.05, 0.1) is 11.0 Å². The van der Waals surface area contributed by atoms with Gasteiger partial charge in [0, 0.05) is 44.0 Å². The summed E-state index contributed by atoms with van der Waals surface area (Å²) in [5.41, 5.74) is 6.97. The standard InChI is InChI=1S/C15H22N4O3S/c1-23-11-6-14(16)15(20)18-9-7-17(8-10-18)12-2-4-13(5-3-12)19(21)22/h2-5,14H,6-11,16H2,1H3/t14-/m1/s1. The Bertz CT molecular complexity index is 544. The fraction of sp³-hybridized carbons (Fsp3) is 0.533. The number of carbonyl (C=O) groups is 1. The average Bonchev–Trinajstić information content (AvgIpc) is 2.59. The molecule has 0 bridgehead atoms. The molecule has 8 heteroatoms. The van der Waals surface area contributed by atoms with Gasteiger partial charge in [0.15, 0.2) is 0 Å². The number of nitrogens with zero attached hydrogens (tertiary/aromatic N) is 3. The Hall–Kier alpha value is -1.80. The van der Waals surface area contributed by atoms with E-state index in [9.17, 15) is 14.9 Å². The van der Waals surface area contributed by atoms with Crippen LogP contribution in [0.4, 0.5) is 11.4 Å². The maximum atomic E-state index is 12.3. The highest BCUT2D eigenvalue weighted by atomic mass is 32.2. The average molecular weight is 338 g/mol. The van der Waals surface area contributed by atoms with E-state index in [1.54, 1.807) is 23.9 Å². The number of carbonyl (C=O) groups excluding carboxylic acids is 1. The summed E-state index contributed by atoms with van der Waals surface area (Å²) in [6.07, 6.45) is 2.70. The van der Waals surface area contributed by atoms with E-state index in [-0.39, 0.29) is 11.6 Å². The number of non-ortho nitro benzene ring substituents is 1. The lowest BCUT2D eigenvalue weighted by Gasteiger charge is -2.37. The number of amides is 1. The first kappa shape index (κ1) is 17.6. The molecule has 126 valence electrons. The van der Waals surface area contributed by atoms with Gasteiger partial charge in [-0.3, -0.25) is 14.9 Å². The van der Waals surface area contributed by atoms with Gasteiger partial charge in [-0.15, -0.1) is 0 Å². The Morgan fingerprint density at radius 1 is 1.30 bits per heavy atom. The van der Waals surface area contributed by atoms with E-state index in [1.165, 1.54) is 12.1 Å². The highest BCUT2D eigenvalue weighted by Crippen LogP contribution is 2.20. The molecule has 23 heavy (non-hydrogen) atoms. The van der Waals surface area contributed by atoms with Crippen LogP contribution in [-0.2, 0) is 4.79 Å². The van der Waals surface area contributed by atoms with Crippen molar-refractivity contribution in [3.8, 4) is 0 Å². The third kappa shape index (κ3) is 4.59. The SMILES string of the molecule is CSCC[C@@H](N)C(=O)N1CCN(c2ccc([N+](=O)[O-])cc2)CC1. The molecule has 0 spiro atoms. The summed E-state index contributed by atoms with van der Waals surface area (Å²) < 4.78 is 0. The van der Waals surface area contributed by atoms with E-state index in [0.29, 0.717) is 32.6 Å². The number of nitrogens with two attached hydrogens (primary N) is 1. The summed E-state index contributed by atoms with van der Waals surface area (Å²) in [4.78, 5) is 26.5. The molecule has 0 radical (unpaired) electrons. The zero-order chi connectivity index (χ0) is 16.8.